The van der Waals surface area contributed by atoms with E-state index in [4.69, 9.17) is 9.47 Å². The van der Waals surface area contributed by atoms with Crippen molar-refractivity contribution in [3.63, 3.8) is 0 Å². The molecule has 0 spiro atoms. The molecule has 0 radical (unpaired) electrons. The Morgan fingerprint density at radius 1 is 0.967 bits per heavy atom. The minimum atomic E-state index is -0.294. The maximum atomic E-state index is 12.8. The highest BCUT2D eigenvalue weighted by molar-refractivity contribution is 7.20. The molecule has 4 nitrogen and oxygen atoms in total. The number of rotatable bonds is 5. The first-order valence-electron chi connectivity index (χ1n) is 10.3. The minimum absolute atomic E-state index is 0.221. The van der Waals surface area contributed by atoms with E-state index in [1.807, 2.05) is 48.5 Å². The average molecular weight is 418 g/mol. The van der Waals surface area contributed by atoms with Crippen LogP contribution < -0.4 is 10.1 Å². The van der Waals surface area contributed by atoms with Crippen molar-refractivity contribution in [1.29, 1.82) is 0 Å². The monoisotopic (exact) mass is 417 g/mol. The molecule has 3 aromatic carbocycles. The predicted molar refractivity (Wildman–Crippen MR) is 121 cm³/mol. The Bertz CT molecular complexity index is 1190. The summed E-state index contributed by atoms with van der Waals surface area (Å²) in [4.78, 5) is 13.4. The van der Waals surface area contributed by atoms with Gasteiger partial charge in [0.25, 0.3) is 0 Å². The van der Waals surface area contributed by atoms with Gasteiger partial charge >= 0.3 is 5.97 Å². The van der Waals surface area contributed by atoms with E-state index in [-0.39, 0.29) is 18.7 Å². The van der Waals surface area contributed by atoms with Gasteiger partial charge in [0.15, 0.2) is 0 Å². The molecular weight excluding hydrogens is 394 g/mol. The number of esters is 1. The lowest BCUT2D eigenvalue weighted by Gasteiger charge is -2.24. The van der Waals surface area contributed by atoms with Crippen LogP contribution >= 0.6 is 11.3 Å². The Morgan fingerprint density at radius 3 is 2.67 bits per heavy atom. The fourth-order valence-electron chi connectivity index (χ4n) is 3.96. The number of benzene rings is 3. The molecule has 0 bridgehead atoms. The van der Waals surface area contributed by atoms with E-state index in [0.717, 1.165) is 58.1 Å². The van der Waals surface area contributed by atoms with E-state index in [1.54, 1.807) is 0 Å². The number of hydrogen-bond acceptors (Lipinski definition) is 5. The number of carbonyl (C=O) groups is 1. The second kappa shape index (κ2) is 8.46. The molecule has 30 heavy (non-hydrogen) atoms. The number of nitrogens with one attached hydrogen (secondary N) is 1. The number of hydrogen-bond donors (Lipinski definition) is 1. The Labute approximate surface area is 179 Å². The molecule has 5 heteroatoms. The highest BCUT2D eigenvalue weighted by Crippen LogP contribution is 2.34. The highest BCUT2D eigenvalue weighted by atomic mass is 32.1. The van der Waals surface area contributed by atoms with E-state index in [2.05, 4.69) is 23.5 Å². The van der Waals surface area contributed by atoms with Crippen LogP contribution in [0.25, 0.3) is 20.9 Å². The van der Waals surface area contributed by atoms with Crippen molar-refractivity contribution in [1.82, 2.24) is 5.32 Å². The van der Waals surface area contributed by atoms with Gasteiger partial charge in [-0.05, 0) is 60.5 Å². The van der Waals surface area contributed by atoms with Gasteiger partial charge in [-0.1, -0.05) is 48.5 Å². The maximum Gasteiger partial charge on any atom is 0.348 e. The van der Waals surface area contributed by atoms with Gasteiger partial charge in [-0.2, -0.15) is 0 Å². The van der Waals surface area contributed by atoms with Crippen molar-refractivity contribution < 1.29 is 14.3 Å². The average Bonchev–Trinajstić information content (AvgIpc) is 3.24. The number of piperidine rings is 1. The normalized spacial score (nSPS) is 14.8. The van der Waals surface area contributed by atoms with Gasteiger partial charge in [0.05, 0.1) is 0 Å². The quantitative estimate of drug-likeness (QED) is 0.433. The molecule has 0 atom stereocenters. The summed E-state index contributed by atoms with van der Waals surface area (Å²) in [6.45, 7) is 2.22. The third-order valence-electron chi connectivity index (χ3n) is 5.54. The molecule has 0 aliphatic carbocycles. The molecule has 1 aliphatic heterocycles. The lowest BCUT2D eigenvalue weighted by Crippen LogP contribution is -2.34. The molecule has 1 aromatic heterocycles. The maximum absolute atomic E-state index is 12.8. The van der Waals surface area contributed by atoms with Gasteiger partial charge in [0.2, 0.25) is 0 Å². The topological polar surface area (TPSA) is 47.6 Å². The van der Waals surface area contributed by atoms with E-state index in [1.165, 1.54) is 11.3 Å². The molecule has 1 fully saturated rings. The minimum Gasteiger partial charge on any atom is -0.490 e. The van der Waals surface area contributed by atoms with Crippen LogP contribution in [0.15, 0.2) is 66.7 Å². The second-order valence-corrected chi connectivity index (χ2v) is 8.64. The summed E-state index contributed by atoms with van der Waals surface area (Å²) in [5.41, 5.74) is 1.01. The standard InChI is InChI=1S/C25H23NO3S/c27-25(28-16-18-7-3-6-17-5-1-2-8-20(17)18)24-15-21-22(9-4-10-23(21)30-24)29-19-11-13-26-14-12-19/h1-10,15,19,26H,11-14,16H2. The lowest BCUT2D eigenvalue weighted by atomic mass is 10.1. The van der Waals surface area contributed by atoms with Crippen molar-refractivity contribution in [2.24, 2.45) is 0 Å². The number of ether oxygens (including phenoxy) is 2. The van der Waals surface area contributed by atoms with Crippen molar-refractivity contribution in [2.45, 2.75) is 25.6 Å². The highest BCUT2D eigenvalue weighted by Gasteiger charge is 2.18. The molecule has 0 amide bonds. The molecule has 1 saturated heterocycles. The summed E-state index contributed by atoms with van der Waals surface area (Å²) in [5, 5.41) is 6.60. The number of fused-ring (bicyclic) bond motifs is 2. The van der Waals surface area contributed by atoms with Crippen LogP contribution in [0.1, 0.15) is 28.1 Å². The molecule has 5 rings (SSSR count). The Kier molecular flexibility index (Phi) is 5.39. The summed E-state index contributed by atoms with van der Waals surface area (Å²) in [5.74, 6) is 0.556. The van der Waals surface area contributed by atoms with Crippen molar-refractivity contribution in [3.05, 3.63) is 77.2 Å². The summed E-state index contributed by atoms with van der Waals surface area (Å²) in [6, 6.07) is 22.1. The summed E-state index contributed by atoms with van der Waals surface area (Å²) in [6.07, 6.45) is 2.22. The van der Waals surface area contributed by atoms with E-state index < -0.39 is 0 Å². The molecule has 4 aromatic rings. The van der Waals surface area contributed by atoms with E-state index in [9.17, 15) is 4.79 Å². The van der Waals surface area contributed by atoms with Crippen molar-refractivity contribution >= 4 is 38.2 Å². The SMILES string of the molecule is O=C(OCc1cccc2ccccc12)c1cc2c(OC3CCNCC3)cccc2s1. The summed E-state index contributed by atoms with van der Waals surface area (Å²) >= 11 is 1.45. The van der Waals surface area contributed by atoms with Gasteiger partial charge in [-0.25, -0.2) is 4.79 Å². The third kappa shape index (κ3) is 3.91. The Morgan fingerprint density at radius 2 is 1.77 bits per heavy atom. The van der Waals surface area contributed by atoms with Crippen molar-refractivity contribution in [3.8, 4) is 5.75 Å². The van der Waals surface area contributed by atoms with Gasteiger partial charge < -0.3 is 14.8 Å². The van der Waals surface area contributed by atoms with Crippen LogP contribution in [-0.2, 0) is 11.3 Å². The molecule has 152 valence electrons. The van der Waals surface area contributed by atoms with Crippen LogP contribution in [-0.4, -0.2) is 25.2 Å². The van der Waals surface area contributed by atoms with Crippen molar-refractivity contribution in [2.75, 3.05) is 13.1 Å². The first kappa shape index (κ1) is 19.1. The fourth-order valence-corrected chi connectivity index (χ4v) is 4.94. The van der Waals surface area contributed by atoms with Gasteiger partial charge in [-0.15, -0.1) is 11.3 Å². The zero-order valence-electron chi connectivity index (χ0n) is 16.6. The smallest absolute Gasteiger partial charge is 0.348 e. The fraction of sp³-hybridized carbons (Fsp3) is 0.240. The zero-order chi connectivity index (χ0) is 20.3. The molecule has 1 N–H and O–H groups in total. The Balaban J connectivity index is 1.34. The number of carbonyl (C=O) groups excluding carboxylic acids is 1. The van der Waals surface area contributed by atoms with Crippen LogP contribution in [0.5, 0.6) is 5.75 Å². The first-order valence-corrected chi connectivity index (χ1v) is 11.1. The van der Waals surface area contributed by atoms with E-state index >= 15 is 0 Å². The van der Waals surface area contributed by atoms with Gasteiger partial charge in [0.1, 0.15) is 23.3 Å². The van der Waals surface area contributed by atoms with Crippen LogP contribution in [0.2, 0.25) is 0 Å². The van der Waals surface area contributed by atoms with Gasteiger partial charge in [0, 0.05) is 10.1 Å². The molecule has 0 unspecified atom stereocenters. The van der Waals surface area contributed by atoms with Crippen LogP contribution in [0.3, 0.4) is 0 Å². The van der Waals surface area contributed by atoms with E-state index in [0.29, 0.717) is 4.88 Å². The Hall–Kier alpha value is -2.89. The zero-order valence-corrected chi connectivity index (χ0v) is 17.4. The molecule has 2 heterocycles. The summed E-state index contributed by atoms with van der Waals surface area (Å²) in [7, 11) is 0. The van der Waals surface area contributed by atoms with Crippen LogP contribution in [0, 0.1) is 0 Å². The van der Waals surface area contributed by atoms with Crippen LogP contribution in [0.4, 0.5) is 0 Å². The summed E-state index contributed by atoms with van der Waals surface area (Å²) < 4.78 is 13.0. The molecule has 1 aliphatic rings. The largest absolute Gasteiger partial charge is 0.490 e. The predicted octanol–water partition coefficient (Wildman–Crippen LogP) is 5.54. The molecule has 0 saturated carbocycles. The third-order valence-corrected chi connectivity index (χ3v) is 6.62. The molecular formula is C25H23NO3S. The van der Waals surface area contributed by atoms with Gasteiger partial charge in [-0.3, -0.25) is 0 Å². The first-order chi connectivity index (χ1) is 14.8. The lowest BCUT2D eigenvalue weighted by molar-refractivity contribution is 0.0480. The number of thiophene rings is 1. The second-order valence-electron chi connectivity index (χ2n) is 7.56.